The molecule has 1 heterocycles. The minimum Gasteiger partial charge on any atom is -0.300 e. The number of aromatic nitrogens is 2. The van der Waals surface area contributed by atoms with E-state index in [1.54, 1.807) is 26.1 Å². The molecule has 0 aliphatic rings. The zero-order valence-corrected chi connectivity index (χ0v) is 16.6. The van der Waals surface area contributed by atoms with Gasteiger partial charge >= 0.3 is 0 Å². The highest BCUT2D eigenvalue weighted by atomic mass is 19.1. The second kappa shape index (κ2) is 9.26. The molecule has 2 aromatic rings. The van der Waals surface area contributed by atoms with Gasteiger partial charge in [-0.2, -0.15) is 5.10 Å². The summed E-state index contributed by atoms with van der Waals surface area (Å²) in [5, 5.41) is 4.57. The standard InChI is InChI=1S/C23H27FN2O/c1-6-7-11-22(24)19(5)26-15-21(14-17(3)27)23(25-26)13-12-20-10-8-9-16(2)18(20)4/h6-11,15H,1,12-14H2,2-5H3/b11-7-,22-19-. The number of Topliss-reactive ketones (excluding diaryl/α,β-unsaturated/α-hetero) is 1. The van der Waals surface area contributed by atoms with E-state index in [0.717, 1.165) is 17.7 Å². The van der Waals surface area contributed by atoms with Crippen LogP contribution >= 0.6 is 0 Å². The lowest BCUT2D eigenvalue weighted by Gasteiger charge is -2.08. The average Bonchev–Trinajstić information content (AvgIpc) is 3.02. The molecule has 2 rings (SSSR count). The number of carbonyl (C=O) groups is 1. The predicted molar refractivity (Wildman–Crippen MR) is 109 cm³/mol. The van der Waals surface area contributed by atoms with Crippen molar-refractivity contribution in [2.75, 3.05) is 0 Å². The van der Waals surface area contributed by atoms with Crippen molar-refractivity contribution in [3.63, 3.8) is 0 Å². The molecule has 0 unspecified atom stereocenters. The summed E-state index contributed by atoms with van der Waals surface area (Å²) >= 11 is 0. The van der Waals surface area contributed by atoms with Crippen LogP contribution in [0.2, 0.25) is 0 Å². The van der Waals surface area contributed by atoms with E-state index < -0.39 is 0 Å². The van der Waals surface area contributed by atoms with Gasteiger partial charge in [-0.15, -0.1) is 0 Å². The molecule has 0 amide bonds. The largest absolute Gasteiger partial charge is 0.300 e. The van der Waals surface area contributed by atoms with Crippen molar-refractivity contribution in [2.24, 2.45) is 0 Å². The fourth-order valence-corrected chi connectivity index (χ4v) is 2.96. The van der Waals surface area contributed by atoms with Crippen LogP contribution in [0.4, 0.5) is 4.39 Å². The molecule has 1 aromatic carbocycles. The summed E-state index contributed by atoms with van der Waals surface area (Å²) in [6.07, 6.45) is 8.02. The van der Waals surface area contributed by atoms with Crippen LogP contribution in [0.15, 0.2) is 55.0 Å². The van der Waals surface area contributed by atoms with E-state index in [1.807, 2.05) is 0 Å². The third kappa shape index (κ3) is 5.36. The number of allylic oxidation sites excluding steroid dienone is 5. The Morgan fingerprint density at radius 1 is 1.22 bits per heavy atom. The Hall–Kier alpha value is -2.75. The number of rotatable bonds is 8. The molecule has 0 saturated carbocycles. The van der Waals surface area contributed by atoms with Crippen molar-refractivity contribution < 1.29 is 9.18 Å². The molecule has 1 aromatic heterocycles. The number of nitrogens with zero attached hydrogens (tertiary/aromatic N) is 2. The summed E-state index contributed by atoms with van der Waals surface area (Å²) in [5.74, 6) is -0.316. The van der Waals surface area contributed by atoms with Crippen molar-refractivity contribution in [3.8, 4) is 0 Å². The second-order valence-electron chi connectivity index (χ2n) is 6.81. The van der Waals surface area contributed by atoms with Gasteiger partial charge in [-0.05, 0) is 63.3 Å². The topological polar surface area (TPSA) is 34.9 Å². The Morgan fingerprint density at radius 2 is 1.96 bits per heavy atom. The molecule has 4 heteroatoms. The molecule has 0 N–H and O–H groups in total. The molecular weight excluding hydrogens is 339 g/mol. The number of hydrogen-bond acceptors (Lipinski definition) is 2. The SMILES string of the molecule is C=C/C=C\C(F)=C(/C)n1cc(CC(C)=O)c(CCc2cccc(C)c2C)n1. The van der Waals surface area contributed by atoms with Crippen molar-refractivity contribution in [3.05, 3.63) is 83.0 Å². The summed E-state index contributed by atoms with van der Waals surface area (Å²) in [6, 6.07) is 6.28. The van der Waals surface area contributed by atoms with E-state index in [0.29, 0.717) is 18.5 Å². The fourth-order valence-electron chi connectivity index (χ4n) is 2.96. The monoisotopic (exact) mass is 366 g/mol. The Bertz CT molecular complexity index is 903. The minimum absolute atomic E-state index is 0.0659. The normalized spacial score (nSPS) is 12.3. The number of aryl methyl sites for hydroxylation is 3. The third-order valence-electron chi connectivity index (χ3n) is 4.73. The summed E-state index contributed by atoms with van der Waals surface area (Å²) in [6.45, 7) is 11.0. The Labute approximate surface area is 160 Å². The van der Waals surface area contributed by atoms with Gasteiger partial charge in [-0.1, -0.05) is 36.9 Å². The Balaban J connectivity index is 2.32. The molecule has 142 valence electrons. The molecule has 27 heavy (non-hydrogen) atoms. The first-order valence-corrected chi connectivity index (χ1v) is 9.11. The molecule has 0 fully saturated rings. The van der Waals surface area contributed by atoms with Crippen LogP contribution in [0.1, 0.15) is 41.8 Å². The minimum atomic E-state index is -0.382. The highest BCUT2D eigenvalue weighted by Gasteiger charge is 2.14. The predicted octanol–water partition coefficient (Wildman–Crippen LogP) is 5.32. The van der Waals surface area contributed by atoms with Gasteiger partial charge in [-0.25, -0.2) is 9.07 Å². The smallest absolute Gasteiger partial charge is 0.144 e. The maximum absolute atomic E-state index is 14.2. The third-order valence-corrected chi connectivity index (χ3v) is 4.73. The van der Waals surface area contributed by atoms with Gasteiger partial charge in [0.05, 0.1) is 11.4 Å². The maximum atomic E-state index is 14.2. The van der Waals surface area contributed by atoms with Gasteiger partial charge in [-0.3, -0.25) is 4.79 Å². The van der Waals surface area contributed by atoms with Gasteiger partial charge in [0.25, 0.3) is 0 Å². The van der Waals surface area contributed by atoms with Gasteiger partial charge in [0.15, 0.2) is 0 Å². The molecule has 0 bridgehead atoms. The Kier molecular flexibility index (Phi) is 7.05. The van der Waals surface area contributed by atoms with Gasteiger partial charge in [0, 0.05) is 18.2 Å². The summed E-state index contributed by atoms with van der Waals surface area (Å²) in [7, 11) is 0. The lowest BCUT2D eigenvalue weighted by atomic mass is 9.98. The van der Waals surface area contributed by atoms with Crippen LogP contribution in [-0.2, 0) is 24.1 Å². The number of ketones is 1. The fraction of sp³-hybridized carbons (Fsp3) is 0.304. The number of halogens is 1. The summed E-state index contributed by atoms with van der Waals surface area (Å²) in [5.41, 5.74) is 5.89. The lowest BCUT2D eigenvalue weighted by Crippen LogP contribution is -2.02. The highest BCUT2D eigenvalue weighted by molar-refractivity contribution is 5.78. The summed E-state index contributed by atoms with van der Waals surface area (Å²) < 4.78 is 15.8. The van der Waals surface area contributed by atoms with Crippen molar-refractivity contribution >= 4 is 11.5 Å². The van der Waals surface area contributed by atoms with Crippen LogP contribution in [0.25, 0.3) is 5.70 Å². The average molecular weight is 366 g/mol. The van der Waals surface area contributed by atoms with E-state index in [4.69, 9.17) is 0 Å². The first-order chi connectivity index (χ1) is 12.8. The van der Waals surface area contributed by atoms with E-state index in [1.165, 1.54) is 33.5 Å². The van der Waals surface area contributed by atoms with Crippen molar-refractivity contribution in [1.82, 2.24) is 9.78 Å². The molecular formula is C23H27FN2O. The highest BCUT2D eigenvalue weighted by Crippen LogP contribution is 2.20. The van der Waals surface area contributed by atoms with Crippen LogP contribution in [-0.4, -0.2) is 15.6 Å². The van der Waals surface area contributed by atoms with Gasteiger partial charge < -0.3 is 0 Å². The Morgan fingerprint density at radius 3 is 2.63 bits per heavy atom. The zero-order chi connectivity index (χ0) is 20.0. The molecule has 0 spiro atoms. The van der Waals surface area contributed by atoms with Gasteiger partial charge in [0.1, 0.15) is 11.6 Å². The number of carbonyl (C=O) groups excluding carboxylic acids is 1. The molecule has 0 radical (unpaired) electrons. The van der Waals surface area contributed by atoms with E-state index in [2.05, 4.69) is 43.7 Å². The second-order valence-corrected chi connectivity index (χ2v) is 6.81. The number of hydrogen-bond donors (Lipinski definition) is 0. The summed E-state index contributed by atoms with van der Waals surface area (Å²) in [4.78, 5) is 11.6. The molecule has 0 aliphatic carbocycles. The maximum Gasteiger partial charge on any atom is 0.144 e. The molecule has 0 saturated heterocycles. The lowest BCUT2D eigenvalue weighted by molar-refractivity contribution is -0.116. The quantitative estimate of drug-likeness (QED) is 0.593. The van der Waals surface area contributed by atoms with E-state index in [9.17, 15) is 9.18 Å². The van der Waals surface area contributed by atoms with E-state index >= 15 is 0 Å². The first-order valence-electron chi connectivity index (χ1n) is 9.11. The first kappa shape index (κ1) is 20.6. The van der Waals surface area contributed by atoms with Crippen LogP contribution < -0.4 is 0 Å². The molecule has 0 aliphatic heterocycles. The van der Waals surface area contributed by atoms with Crippen molar-refractivity contribution in [1.29, 1.82) is 0 Å². The van der Waals surface area contributed by atoms with Crippen LogP contribution in [0.3, 0.4) is 0 Å². The van der Waals surface area contributed by atoms with Crippen LogP contribution in [0.5, 0.6) is 0 Å². The molecule has 3 nitrogen and oxygen atoms in total. The molecule has 0 atom stereocenters. The zero-order valence-electron chi connectivity index (χ0n) is 16.6. The van der Waals surface area contributed by atoms with Crippen molar-refractivity contribution in [2.45, 2.75) is 47.0 Å². The number of benzene rings is 1. The van der Waals surface area contributed by atoms with Crippen LogP contribution in [0, 0.1) is 13.8 Å². The van der Waals surface area contributed by atoms with E-state index in [-0.39, 0.29) is 11.6 Å². The van der Waals surface area contributed by atoms with Gasteiger partial charge in [0.2, 0.25) is 0 Å².